The molecular weight excluding hydrogens is 568 g/mol. The van der Waals surface area contributed by atoms with Gasteiger partial charge in [0.05, 0.1) is 12.7 Å². The zero-order chi connectivity index (χ0) is 29.4. The van der Waals surface area contributed by atoms with Gasteiger partial charge in [-0.3, -0.25) is 14.5 Å². The van der Waals surface area contributed by atoms with Crippen molar-refractivity contribution in [2.45, 2.75) is 44.0 Å². The van der Waals surface area contributed by atoms with Gasteiger partial charge in [-0.15, -0.1) is 32.5 Å². The van der Waals surface area contributed by atoms with E-state index in [1.165, 1.54) is 31.0 Å². The van der Waals surface area contributed by atoms with Gasteiger partial charge < -0.3 is 36.9 Å². The van der Waals surface area contributed by atoms with E-state index in [0.717, 1.165) is 16.2 Å². The molecule has 4 rings (SSSR count). The average Bonchev–Trinajstić information content (AvgIpc) is 3.47. The third-order valence-corrected chi connectivity index (χ3v) is 8.10. The number of thiazole rings is 1. The molecule has 2 aliphatic heterocycles. The molecule has 40 heavy (non-hydrogen) atoms. The molecule has 214 valence electrons. The summed E-state index contributed by atoms with van der Waals surface area (Å²) in [5.41, 5.74) is 9.69. The number of aliphatic carboxylic acids is 2. The van der Waals surface area contributed by atoms with Crippen LogP contribution in [-0.2, 0) is 37.1 Å². The van der Waals surface area contributed by atoms with E-state index >= 15 is 0 Å². The molecule has 16 nitrogen and oxygen atoms in total. The Bertz CT molecular complexity index is 1430. The third-order valence-electron chi connectivity index (χ3n) is 6.09. The second-order valence-electron chi connectivity index (χ2n) is 9.22. The monoisotopic (exact) mass is 595 g/mol. The van der Waals surface area contributed by atoms with Gasteiger partial charge in [0.25, 0.3) is 11.8 Å². The van der Waals surface area contributed by atoms with Gasteiger partial charge in [0.2, 0.25) is 5.60 Å². The van der Waals surface area contributed by atoms with Crippen LogP contribution < -0.4 is 21.5 Å². The number of nitrogens with one attached hydrogen (secondary N) is 1. The van der Waals surface area contributed by atoms with Crippen molar-refractivity contribution in [2.24, 2.45) is 5.16 Å². The van der Waals surface area contributed by atoms with E-state index in [2.05, 4.69) is 15.5 Å². The molecular formula is C22H27N8O8S2+. The van der Waals surface area contributed by atoms with Crippen molar-refractivity contribution in [1.29, 1.82) is 0 Å². The Labute approximate surface area is 234 Å². The third kappa shape index (κ3) is 5.45. The van der Waals surface area contributed by atoms with Gasteiger partial charge in [-0.1, -0.05) is 5.16 Å². The maximum atomic E-state index is 13.2. The molecule has 2 aromatic heterocycles. The van der Waals surface area contributed by atoms with Gasteiger partial charge in [-0.25, -0.2) is 14.6 Å². The van der Waals surface area contributed by atoms with E-state index in [9.17, 15) is 34.5 Å². The first kappa shape index (κ1) is 28.8. The Hall–Kier alpha value is -4.16. The molecule has 4 heterocycles. The number of nitrogens with two attached hydrogens (primary N) is 2. The van der Waals surface area contributed by atoms with Gasteiger partial charge in [0.15, 0.2) is 29.4 Å². The normalized spacial score (nSPS) is 19.2. The van der Waals surface area contributed by atoms with Crippen molar-refractivity contribution in [3.8, 4) is 0 Å². The summed E-state index contributed by atoms with van der Waals surface area (Å²) in [5, 5.41) is 35.7. The number of aliphatic hydroxyl groups is 1. The van der Waals surface area contributed by atoms with Crippen LogP contribution in [0.5, 0.6) is 0 Å². The number of aromatic nitrogens is 3. The summed E-state index contributed by atoms with van der Waals surface area (Å²) in [7, 11) is 0. The molecule has 18 heteroatoms. The second-order valence-corrected chi connectivity index (χ2v) is 11.2. The van der Waals surface area contributed by atoms with Crippen molar-refractivity contribution in [3.05, 3.63) is 34.6 Å². The number of carbonyl (C=O) groups excluding carboxylic acids is 2. The summed E-state index contributed by atoms with van der Waals surface area (Å²) >= 11 is 2.27. The van der Waals surface area contributed by atoms with Crippen LogP contribution in [0.2, 0.25) is 0 Å². The maximum absolute atomic E-state index is 13.2. The Morgan fingerprint density at radius 1 is 1.32 bits per heavy atom. The number of amides is 2. The number of fused-ring (bicyclic) bond motifs is 1. The molecule has 2 aliphatic rings. The summed E-state index contributed by atoms with van der Waals surface area (Å²) in [6.07, 6.45) is 1.65. The number of oxime groups is 1. The van der Waals surface area contributed by atoms with Gasteiger partial charge in [0.1, 0.15) is 29.4 Å². The van der Waals surface area contributed by atoms with Crippen molar-refractivity contribution >= 4 is 63.5 Å². The van der Waals surface area contributed by atoms with Crippen LogP contribution in [-0.4, -0.2) is 88.7 Å². The Morgan fingerprint density at radius 3 is 2.65 bits per heavy atom. The molecule has 0 unspecified atom stereocenters. The van der Waals surface area contributed by atoms with Crippen LogP contribution in [0.15, 0.2) is 34.1 Å². The Morgan fingerprint density at radius 2 is 2.05 bits per heavy atom. The minimum atomic E-state index is -1.77. The van der Waals surface area contributed by atoms with E-state index in [0.29, 0.717) is 11.4 Å². The lowest BCUT2D eigenvalue weighted by molar-refractivity contribution is -0.767. The number of β-lactam (4-membered cyclic amide) rings is 1. The zero-order valence-corrected chi connectivity index (χ0v) is 22.9. The maximum Gasteiger partial charge on any atom is 0.352 e. The summed E-state index contributed by atoms with van der Waals surface area (Å²) in [4.78, 5) is 60.2. The molecule has 1 fully saturated rings. The predicted octanol–water partition coefficient (Wildman–Crippen LogP) is -1.59. The van der Waals surface area contributed by atoms with E-state index < -0.39 is 46.5 Å². The van der Waals surface area contributed by atoms with Crippen molar-refractivity contribution < 1.29 is 44.0 Å². The van der Waals surface area contributed by atoms with Crippen molar-refractivity contribution in [2.75, 3.05) is 23.8 Å². The smallest absolute Gasteiger partial charge is 0.352 e. The van der Waals surface area contributed by atoms with E-state index in [-0.39, 0.29) is 42.0 Å². The number of carboxylic acid groups (broad SMARTS) is 2. The number of anilines is 2. The summed E-state index contributed by atoms with van der Waals surface area (Å²) in [5.74, 6) is -3.56. The molecule has 0 aliphatic carbocycles. The molecule has 0 bridgehead atoms. The summed E-state index contributed by atoms with van der Waals surface area (Å²) < 4.78 is 3.24. The SMILES string of the molecule is CC(C)(O/N=C(/C(=O)N[C@@H]1C(=O)N2C(C(=O)O)=C(C[n+]3ccc(N)n3CCO)CS[C@H]12)c1csc(N)n1)C(=O)O. The Balaban J connectivity index is 1.56. The number of carbonyl (C=O) groups is 4. The second kappa shape index (κ2) is 11.1. The van der Waals surface area contributed by atoms with Gasteiger partial charge in [-0.05, 0) is 13.8 Å². The molecule has 0 saturated carbocycles. The minimum absolute atomic E-state index is 0.0108. The van der Waals surface area contributed by atoms with Gasteiger partial charge in [-0.2, -0.15) is 0 Å². The first-order chi connectivity index (χ1) is 18.9. The Kier molecular flexibility index (Phi) is 8.03. The van der Waals surface area contributed by atoms with Crippen LogP contribution >= 0.6 is 23.1 Å². The number of thioether (sulfide) groups is 1. The molecule has 2 aromatic rings. The largest absolute Gasteiger partial charge is 0.478 e. The molecule has 2 amide bonds. The fourth-order valence-electron chi connectivity index (χ4n) is 3.98. The van der Waals surface area contributed by atoms with Gasteiger partial charge in [0, 0.05) is 16.7 Å². The van der Waals surface area contributed by atoms with E-state index in [1.54, 1.807) is 21.6 Å². The molecule has 1 saturated heterocycles. The number of hydrogen-bond donors (Lipinski definition) is 6. The van der Waals surface area contributed by atoms with Crippen molar-refractivity contribution in [3.63, 3.8) is 0 Å². The van der Waals surface area contributed by atoms with Crippen LogP contribution in [0.1, 0.15) is 19.5 Å². The number of aliphatic hydroxyl groups excluding tert-OH is 1. The minimum Gasteiger partial charge on any atom is -0.478 e. The molecule has 0 spiro atoms. The van der Waals surface area contributed by atoms with E-state index in [4.69, 9.17) is 16.3 Å². The number of nitrogens with zero attached hydrogens (tertiary/aromatic N) is 5. The number of rotatable bonds is 11. The molecule has 0 radical (unpaired) electrons. The standard InChI is InChI=1S/C22H26N8O8S2/c1-22(2,20(36)37)38-27-13(11-9-40-21(24)25-11)16(32)26-14-17(33)30-15(19(34)35)10(8-39-18(14)30)7-28-4-3-12(23)29(28)5-6-31/h3-4,9,14,18,23,31H,5-8H2,1-2H3,(H5,24,25,26,32,34,35,36,37)/p+1/b27-13+/t14-,18-/m1/s1. The van der Waals surface area contributed by atoms with Crippen LogP contribution in [0, 0.1) is 0 Å². The quantitative estimate of drug-likeness (QED) is 0.0746. The highest BCUT2D eigenvalue weighted by atomic mass is 32.2. The van der Waals surface area contributed by atoms with Gasteiger partial charge >= 0.3 is 11.9 Å². The van der Waals surface area contributed by atoms with Crippen LogP contribution in [0.4, 0.5) is 10.9 Å². The highest BCUT2D eigenvalue weighted by Gasteiger charge is 2.55. The van der Waals surface area contributed by atoms with Crippen molar-refractivity contribution in [1.82, 2.24) is 19.9 Å². The average molecular weight is 596 g/mol. The molecule has 8 N–H and O–H groups in total. The highest BCUT2D eigenvalue weighted by molar-refractivity contribution is 8.00. The van der Waals surface area contributed by atoms with Crippen LogP contribution in [0.3, 0.4) is 0 Å². The summed E-state index contributed by atoms with van der Waals surface area (Å²) in [6.45, 7) is 2.60. The van der Waals surface area contributed by atoms with E-state index in [1.807, 2.05) is 0 Å². The fourth-order valence-corrected chi connectivity index (χ4v) is 5.86. The first-order valence-corrected chi connectivity index (χ1v) is 13.7. The molecule has 0 aromatic carbocycles. The first-order valence-electron chi connectivity index (χ1n) is 11.7. The number of hydrogen-bond acceptors (Lipinski definition) is 12. The lowest BCUT2D eigenvalue weighted by atomic mass is 10.0. The van der Waals surface area contributed by atoms with Crippen LogP contribution in [0.25, 0.3) is 0 Å². The topological polar surface area (TPSA) is 240 Å². The highest BCUT2D eigenvalue weighted by Crippen LogP contribution is 2.40. The molecule has 2 atom stereocenters. The zero-order valence-electron chi connectivity index (χ0n) is 21.3. The predicted molar refractivity (Wildman–Crippen MR) is 142 cm³/mol. The lowest BCUT2D eigenvalue weighted by Gasteiger charge is -2.49. The number of carboxylic acids is 2. The lowest BCUT2D eigenvalue weighted by Crippen LogP contribution is -2.71. The number of nitrogen functional groups attached to an aromatic ring is 2. The fraction of sp³-hybridized carbons (Fsp3) is 0.409. The summed E-state index contributed by atoms with van der Waals surface area (Å²) in [6, 6.07) is 0.523.